The van der Waals surface area contributed by atoms with Crippen molar-refractivity contribution in [1.82, 2.24) is 4.90 Å². The predicted octanol–water partition coefficient (Wildman–Crippen LogP) is 4.78. The van der Waals surface area contributed by atoms with E-state index in [1.54, 1.807) is 12.3 Å². The highest BCUT2D eigenvalue weighted by Crippen LogP contribution is 2.32. The Kier molecular flexibility index (Phi) is 4.76. The van der Waals surface area contributed by atoms with Crippen molar-refractivity contribution in [3.63, 3.8) is 0 Å². The van der Waals surface area contributed by atoms with E-state index in [9.17, 15) is 4.79 Å². The van der Waals surface area contributed by atoms with Crippen LogP contribution in [0.2, 0.25) is 0 Å². The van der Waals surface area contributed by atoms with Crippen LogP contribution in [0.1, 0.15) is 43.4 Å². The molecule has 0 saturated heterocycles. The van der Waals surface area contributed by atoms with Crippen molar-refractivity contribution in [2.75, 3.05) is 13.1 Å². The first-order valence-electron chi connectivity index (χ1n) is 8.71. The molecule has 1 aromatic carbocycles. The van der Waals surface area contributed by atoms with Gasteiger partial charge in [0.05, 0.1) is 6.26 Å². The lowest BCUT2D eigenvalue weighted by atomic mass is 9.99. The van der Waals surface area contributed by atoms with Gasteiger partial charge in [-0.3, -0.25) is 4.90 Å². The highest BCUT2D eigenvalue weighted by Gasteiger charge is 2.16. The first-order chi connectivity index (χ1) is 11.5. The van der Waals surface area contributed by atoms with E-state index in [1.165, 1.54) is 0 Å². The molecule has 4 heteroatoms. The maximum atomic E-state index is 12.0. The van der Waals surface area contributed by atoms with Gasteiger partial charge in [0.25, 0.3) is 0 Å². The smallest absolute Gasteiger partial charge is 0.336 e. The molecular formula is C20H25NO3. The highest BCUT2D eigenvalue weighted by molar-refractivity contribution is 6.00. The maximum Gasteiger partial charge on any atom is 0.336 e. The van der Waals surface area contributed by atoms with Crippen LogP contribution in [0.4, 0.5) is 0 Å². The van der Waals surface area contributed by atoms with Crippen LogP contribution < -0.4 is 5.63 Å². The minimum absolute atomic E-state index is 0.299. The van der Waals surface area contributed by atoms with Crippen molar-refractivity contribution in [3.05, 3.63) is 45.5 Å². The quantitative estimate of drug-likeness (QED) is 0.611. The second-order valence-corrected chi connectivity index (χ2v) is 6.53. The maximum absolute atomic E-state index is 12.0. The van der Waals surface area contributed by atoms with Gasteiger partial charge < -0.3 is 8.83 Å². The molecule has 2 heterocycles. The van der Waals surface area contributed by atoms with Crippen LogP contribution in [0.5, 0.6) is 0 Å². The van der Waals surface area contributed by atoms with Gasteiger partial charge in [-0.25, -0.2) is 4.79 Å². The summed E-state index contributed by atoms with van der Waals surface area (Å²) in [5, 5.41) is 2.17. The standard InChI is InChI=1S/C20H25NO3/c1-5-7-21(8-6-2)11-15-9-18(22)24-17-10-16-19(13(3)12-23-16)14(4)20(15)17/h9-10,12H,5-8,11H2,1-4H3. The lowest BCUT2D eigenvalue weighted by molar-refractivity contribution is 0.267. The molecule has 0 radical (unpaired) electrons. The van der Waals surface area contributed by atoms with E-state index in [0.717, 1.165) is 65.5 Å². The van der Waals surface area contributed by atoms with E-state index in [1.807, 2.05) is 13.0 Å². The number of furan rings is 1. The normalized spacial score (nSPS) is 11.9. The summed E-state index contributed by atoms with van der Waals surface area (Å²) >= 11 is 0. The third-order valence-corrected chi connectivity index (χ3v) is 4.56. The molecule has 0 amide bonds. The van der Waals surface area contributed by atoms with Crippen molar-refractivity contribution >= 4 is 21.9 Å². The molecule has 0 bridgehead atoms. The fourth-order valence-electron chi connectivity index (χ4n) is 3.65. The molecule has 128 valence electrons. The Hall–Kier alpha value is -2.07. The largest absolute Gasteiger partial charge is 0.464 e. The highest BCUT2D eigenvalue weighted by atomic mass is 16.4. The number of aryl methyl sites for hydroxylation is 2. The molecule has 0 fully saturated rings. The number of nitrogens with zero attached hydrogens (tertiary/aromatic N) is 1. The van der Waals surface area contributed by atoms with Crippen molar-refractivity contribution in [2.45, 2.75) is 47.1 Å². The zero-order chi connectivity index (χ0) is 17.3. The lowest BCUT2D eigenvalue weighted by Crippen LogP contribution is -2.25. The lowest BCUT2D eigenvalue weighted by Gasteiger charge is -2.22. The molecule has 0 N–H and O–H groups in total. The molecule has 4 nitrogen and oxygen atoms in total. The average molecular weight is 327 g/mol. The average Bonchev–Trinajstić information content (AvgIpc) is 2.88. The molecular weight excluding hydrogens is 302 g/mol. The molecule has 0 aliphatic carbocycles. The van der Waals surface area contributed by atoms with Gasteiger partial charge in [-0.05, 0) is 56.5 Å². The minimum atomic E-state index is -0.299. The molecule has 0 saturated carbocycles. The molecule has 3 rings (SSSR count). The van der Waals surface area contributed by atoms with Crippen LogP contribution in [0, 0.1) is 13.8 Å². The summed E-state index contributed by atoms with van der Waals surface area (Å²) in [6, 6.07) is 3.49. The second-order valence-electron chi connectivity index (χ2n) is 6.53. The summed E-state index contributed by atoms with van der Waals surface area (Å²) in [6.07, 6.45) is 3.96. The molecule has 24 heavy (non-hydrogen) atoms. The number of hydrogen-bond donors (Lipinski definition) is 0. The molecule has 2 aromatic heterocycles. The van der Waals surface area contributed by atoms with E-state index in [2.05, 4.69) is 25.7 Å². The predicted molar refractivity (Wildman–Crippen MR) is 97.6 cm³/mol. The third kappa shape index (κ3) is 2.98. The first kappa shape index (κ1) is 16.8. The molecule has 0 spiro atoms. The number of hydrogen-bond acceptors (Lipinski definition) is 4. The van der Waals surface area contributed by atoms with Gasteiger partial charge in [0.15, 0.2) is 0 Å². The molecule has 0 aliphatic rings. The summed E-state index contributed by atoms with van der Waals surface area (Å²) in [6.45, 7) is 11.3. The van der Waals surface area contributed by atoms with Crippen molar-refractivity contribution in [2.24, 2.45) is 0 Å². The third-order valence-electron chi connectivity index (χ3n) is 4.56. The Balaban J connectivity index is 2.20. The number of fused-ring (bicyclic) bond motifs is 2. The van der Waals surface area contributed by atoms with Crippen molar-refractivity contribution < 1.29 is 8.83 Å². The van der Waals surface area contributed by atoms with Gasteiger partial charge in [-0.1, -0.05) is 13.8 Å². The van der Waals surface area contributed by atoms with Gasteiger partial charge >= 0.3 is 5.63 Å². The number of benzene rings is 1. The van der Waals surface area contributed by atoms with Crippen molar-refractivity contribution in [1.29, 1.82) is 0 Å². The van der Waals surface area contributed by atoms with Crippen LogP contribution in [0.3, 0.4) is 0 Å². The molecule has 0 atom stereocenters. The van der Waals surface area contributed by atoms with Crippen LogP contribution in [-0.4, -0.2) is 18.0 Å². The van der Waals surface area contributed by atoms with Gasteiger partial charge in [0, 0.05) is 29.4 Å². The molecule has 3 aromatic rings. The first-order valence-corrected chi connectivity index (χ1v) is 8.71. The zero-order valence-electron chi connectivity index (χ0n) is 14.9. The Morgan fingerprint density at radius 2 is 1.71 bits per heavy atom. The Labute approximate surface area is 142 Å². The minimum Gasteiger partial charge on any atom is -0.464 e. The van der Waals surface area contributed by atoms with Crippen LogP contribution in [0.25, 0.3) is 21.9 Å². The Morgan fingerprint density at radius 1 is 1.00 bits per heavy atom. The summed E-state index contributed by atoms with van der Waals surface area (Å²) in [4.78, 5) is 14.4. The Bertz CT molecular complexity index is 914. The molecule has 0 aliphatic heterocycles. The molecule has 0 unspecified atom stereocenters. The van der Waals surface area contributed by atoms with Crippen LogP contribution in [0.15, 0.2) is 32.0 Å². The SMILES string of the molecule is CCCN(CCC)Cc1cc(=O)oc2cc3occ(C)c3c(C)c12. The topological polar surface area (TPSA) is 46.6 Å². The fraction of sp³-hybridized carbons (Fsp3) is 0.450. The van der Waals surface area contributed by atoms with Gasteiger partial charge in [0.1, 0.15) is 11.2 Å². The van der Waals surface area contributed by atoms with Gasteiger partial charge in [-0.2, -0.15) is 0 Å². The van der Waals surface area contributed by atoms with Crippen molar-refractivity contribution in [3.8, 4) is 0 Å². The zero-order valence-corrected chi connectivity index (χ0v) is 14.9. The van der Waals surface area contributed by atoms with E-state index < -0.39 is 0 Å². The van der Waals surface area contributed by atoms with E-state index in [4.69, 9.17) is 8.83 Å². The van der Waals surface area contributed by atoms with Crippen LogP contribution >= 0.6 is 0 Å². The second kappa shape index (κ2) is 6.81. The fourth-order valence-corrected chi connectivity index (χ4v) is 3.65. The van der Waals surface area contributed by atoms with Crippen LogP contribution in [-0.2, 0) is 6.54 Å². The van der Waals surface area contributed by atoms with E-state index >= 15 is 0 Å². The summed E-state index contributed by atoms with van der Waals surface area (Å²) in [7, 11) is 0. The van der Waals surface area contributed by atoms with Gasteiger partial charge in [0.2, 0.25) is 0 Å². The number of rotatable bonds is 6. The summed E-state index contributed by atoms with van der Waals surface area (Å²) < 4.78 is 11.1. The van der Waals surface area contributed by atoms with E-state index in [0.29, 0.717) is 5.58 Å². The van der Waals surface area contributed by atoms with Gasteiger partial charge in [-0.15, -0.1) is 0 Å². The monoisotopic (exact) mass is 327 g/mol. The summed E-state index contributed by atoms with van der Waals surface area (Å²) in [5.41, 5.74) is 4.37. The summed E-state index contributed by atoms with van der Waals surface area (Å²) in [5.74, 6) is 0. The Morgan fingerprint density at radius 3 is 2.38 bits per heavy atom. The van der Waals surface area contributed by atoms with E-state index in [-0.39, 0.29) is 5.63 Å².